The van der Waals surface area contributed by atoms with Crippen LogP contribution in [0.1, 0.15) is 10.4 Å². The molecular weight excluding hydrogens is 355 g/mol. The van der Waals surface area contributed by atoms with Crippen LogP contribution in [-0.2, 0) is 0 Å². The molecule has 0 aliphatic heterocycles. The topological polar surface area (TPSA) is 17.1 Å². The lowest BCUT2D eigenvalue weighted by molar-refractivity contribution is 0.112. The third-order valence-electron chi connectivity index (χ3n) is 2.21. The fourth-order valence-electron chi connectivity index (χ4n) is 1.35. The number of halogens is 3. The molecule has 18 heavy (non-hydrogen) atoms. The quantitative estimate of drug-likeness (QED) is 0.650. The van der Waals surface area contributed by atoms with Crippen LogP contribution in [0.3, 0.4) is 0 Å². The molecule has 0 N–H and O–H groups in total. The van der Waals surface area contributed by atoms with Crippen molar-refractivity contribution in [1.82, 2.24) is 0 Å². The molecule has 0 fully saturated rings. The summed E-state index contributed by atoms with van der Waals surface area (Å²) in [6, 6.07) is 10.8. The molecule has 5 heteroatoms. The summed E-state index contributed by atoms with van der Waals surface area (Å²) in [5, 5.41) is 1.22. The van der Waals surface area contributed by atoms with E-state index in [1.807, 2.05) is 12.1 Å². The van der Waals surface area contributed by atoms with Gasteiger partial charge in [0, 0.05) is 24.8 Å². The smallest absolute Gasteiger partial charge is 0.150 e. The summed E-state index contributed by atoms with van der Waals surface area (Å²) in [7, 11) is 0. The van der Waals surface area contributed by atoms with Crippen molar-refractivity contribution in [3.8, 4) is 0 Å². The van der Waals surface area contributed by atoms with Gasteiger partial charge in [-0.05, 0) is 46.3 Å². The van der Waals surface area contributed by atoms with E-state index in [1.165, 1.54) is 11.8 Å². The van der Waals surface area contributed by atoms with Gasteiger partial charge in [-0.25, -0.2) is 0 Å². The van der Waals surface area contributed by atoms with Crippen LogP contribution in [0.4, 0.5) is 0 Å². The van der Waals surface area contributed by atoms with Gasteiger partial charge in [0.1, 0.15) is 6.29 Å². The molecule has 0 saturated carbocycles. The van der Waals surface area contributed by atoms with Gasteiger partial charge in [-0.2, -0.15) is 0 Å². The zero-order chi connectivity index (χ0) is 13.1. The van der Waals surface area contributed by atoms with Crippen molar-refractivity contribution in [2.75, 3.05) is 0 Å². The van der Waals surface area contributed by atoms with Gasteiger partial charge in [-0.3, -0.25) is 4.79 Å². The summed E-state index contributed by atoms with van der Waals surface area (Å²) < 4.78 is 0.864. The number of hydrogen-bond acceptors (Lipinski definition) is 2. The molecule has 92 valence electrons. The molecule has 0 amide bonds. The number of carbonyl (C=O) groups excluding carboxylic acids is 1. The highest BCUT2D eigenvalue weighted by Gasteiger charge is 2.07. The molecule has 0 spiro atoms. The molecule has 0 radical (unpaired) electrons. The van der Waals surface area contributed by atoms with E-state index in [0.29, 0.717) is 15.6 Å². The first kappa shape index (κ1) is 13.9. The van der Waals surface area contributed by atoms with Gasteiger partial charge in [0.05, 0.1) is 5.02 Å². The van der Waals surface area contributed by atoms with Crippen LogP contribution >= 0.6 is 50.9 Å². The Bertz CT molecular complexity index is 602. The predicted molar refractivity (Wildman–Crippen MR) is 80.1 cm³/mol. The molecule has 2 aromatic rings. The second-order valence-corrected chi connectivity index (χ2v) is 6.27. The van der Waals surface area contributed by atoms with Gasteiger partial charge in [0.25, 0.3) is 0 Å². The van der Waals surface area contributed by atoms with Gasteiger partial charge in [0.2, 0.25) is 0 Å². The van der Waals surface area contributed by atoms with E-state index in [4.69, 9.17) is 23.2 Å². The summed E-state index contributed by atoms with van der Waals surface area (Å²) in [6.07, 6.45) is 0.814. The first-order valence-electron chi connectivity index (χ1n) is 4.98. The van der Waals surface area contributed by atoms with Crippen LogP contribution in [-0.4, -0.2) is 6.29 Å². The highest BCUT2D eigenvalue weighted by molar-refractivity contribution is 9.10. The Labute approximate surface area is 128 Å². The number of benzene rings is 2. The average molecular weight is 362 g/mol. The lowest BCUT2D eigenvalue weighted by atomic mass is 10.2. The maximum Gasteiger partial charge on any atom is 0.150 e. The van der Waals surface area contributed by atoms with Crippen LogP contribution < -0.4 is 0 Å². The van der Waals surface area contributed by atoms with E-state index in [0.717, 1.165) is 20.5 Å². The van der Waals surface area contributed by atoms with Crippen LogP contribution in [0.2, 0.25) is 10.0 Å². The predicted octanol–water partition coefficient (Wildman–Crippen LogP) is 5.72. The zero-order valence-electron chi connectivity index (χ0n) is 8.99. The minimum Gasteiger partial charge on any atom is -0.298 e. The lowest BCUT2D eigenvalue weighted by Crippen LogP contribution is -1.82. The van der Waals surface area contributed by atoms with Crippen LogP contribution in [0.5, 0.6) is 0 Å². The van der Waals surface area contributed by atoms with Crippen molar-refractivity contribution >= 4 is 57.2 Å². The normalized spacial score (nSPS) is 10.4. The van der Waals surface area contributed by atoms with E-state index in [2.05, 4.69) is 15.9 Å². The zero-order valence-corrected chi connectivity index (χ0v) is 12.9. The largest absolute Gasteiger partial charge is 0.298 e. The summed E-state index contributed by atoms with van der Waals surface area (Å²) >= 11 is 16.9. The molecule has 0 bridgehead atoms. The summed E-state index contributed by atoms with van der Waals surface area (Å²) in [4.78, 5) is 12.6. The lowest BCUT2D eigenvalue weighted by Gasteiger charge is -2.07. The SMILES string of the molecule is O=Cc1ccc(Sc2ccc(Cl)cc2Cl)c(Br)c1. The first-order chi connectivity index (χ1) is 8.60. The molecule has 0 unspecified atom stereocenters. The Hall–Kier alpha value is -0.480. The van der Waals surface area contributed by atoms with E-state index >= 15 is 0 Å². The van der Waals surface area contributed by atoms with Crippen LogP contribution in [0.25, 0.3) is 0 Å². The number of hydrogen-bond donors (Lipinski definition) is 0. The minimum absolute atomic E-state index is 0.610. The molecule has 0 aliphatic carbocycles. The van der Waals surface area contributed by atoms with Crippen molar-refractivity contribution in [2.45, 2.75) is 9.79 Å². The fraction of sp³-hybridized carbons (Fsp3) is 0. The van der Waals surface area contributed by atoms with E-state index in [-0.39, 0.29) is 0 Å². The monoisotopic (exact) mass is 360 g/mol. The molecule has 0 atom stereocenters. The van der Waals surface area contributed by atoms with Crippen molar-refractivity contribution in [1.29, 1.82) is 0 Å². The fourth-order valence-corrected chi connectivity index (χ4v) is 3.34. The minimum atomic E-state index is 0.610. The van der Waals surface area contributed by atoms with Gasteiger partial charge < -0.3 is 0 Å². The maximum atomic E-state index is 10.7. The molecule has 0 saturated heterocycles. The Morgan fingerprint density at radius 3 is 2.39 bits per heavy atom. The molecular formula is C13H7BrCl2OS. The molecule has 2 aromatic carbocycles. The first-order valence-corrected chi connectivity index (χ1v) is 7.34. The summed E-state index contributed by atoms with van der Waals surface area (Å²) in [5.74, 6) is 0. The molecule has 0 aromatic heterocycles. The summed E-state index contributed by atoms with van der Waals surface area (Å²) in [5.41, 5.74) is 0.633. The van der Waals surface area contributed by atoms with Crippen molar-refractivity contribution in [2.24, 2.45) is 0 Å². The Kier molecular flexibility index (Phi) is 4.73. The second-order valence-electron chi connectivity index (χ2n) is 3.48. The third-order valence-corrected chi connectivity index (χ3v) is 4.94. The van der Waals surface area contributed by atoms with Crippen molar-refractivity contribution in [3.05, 3.63) is 56.5 Å². The number of rotatable bonds is 3. The Balaban J connectivity index is 2.31. The molecule has 0 heterocycles. The van der Waals surface area contributed by atoms with E-state index < -0.39 is 0 Å². The van der Waals surface area contributed by atoms with Crippen LogP contribution in [0, 0.1) is 0 Å². The second kappa shape index (κ2) is 6.11. The average Bonchev–Trinajstić information content (AvgIpc) is 2.34. The summed E-state index contributed by atoms with van der Waals surface area (Å²) in [6.45, 7) is 0. The molecule has 1 nitrogen and oxygen atoms in total. The molecule has 0 aliphatic rings. The van der Waals surface area contributed by atoms with Gasteiger partial charge >= 0.3 is 0 Å². The molecule has 2 rings (SSSR count). The maximum absolute atomic E-state index is 10.7. The highest BCUT2D eigenvalue weighted by Crippen LogP contribution is 2.38. The van der Waals surface area contributed by atoms with Gasteiger partial charge in [-0.1, -0.05) is 41.0 Å². The van der Waals surface area contributed by atoms with Crippen LogP contribution in [0.15, 0.2) is 50.7 Å². The third kappa shape index (κ3) is 3.29. The van der Waals surface area contributed by atoms with E-state index in [1.54, 1.807) is 24.3 Å². The van der Waals surface area contributed by atoms with Gasteiger partial charge in [0.15, 0.2) is 0 Å². The number of carbonyl (C=O) groups is 1. The standard InChI is InChI=1S/C13H7BrCl2OS/c14-10-5-8(7-17)1-3-12(10)18-13-4-2-9(15)6-11(13)16/h1-7H. The van der Waals surface area contributed by atoms with Gasteiger partial charge in [-0.15, -0.1) is 0 Å². The number of aldehydes is 1. The van der Waals surface area contributed by atoms with Crippen molar-refractivity contribution < 1.29 is 4.79 Å². The van der Waals surface area contributed by atoms with E-state index in [9.17, 15) is 4.79 Å². The highest BCUT2D eigenvalue weighted by atomic mass is 79.9. The Morgan fingerprint density at radius 2 is 1.78 bits per heavy atom. The van der Waals surface area contributed by atoms with Crippen molar-refractivity contribution in [3.63, 3.8) is 0 Å². The Morgan fingerprint density at radius 1 is 1.06 bits per heavy atom.